The second-order valence-corrected chi connectivity index (χ2v) is 7.58. The third kappa shape index (κ3) is 4.06. The molecule has 0 bridgehead atoms. The minimum absolute atomic E-state index is 0.176. The van der Waals surface area contributed by atoms with Gasteiger partial charge in [-0.05, 0) is 35.7 Å². The maximum atomic E-state index is 12.6. The summed E-state index contributed by atoms with van der Waals surface area (Å²) in [6.07, 6.45) is 3.14. The maximum Gasteiger partial charge on any atom is 0.287 e. The van der Waals surface area contributed by atoms with Crippen LogP contribution in [0.15, 0.2) is 79.8 Å². The van der Waals surface area contributed by atoms with E-state index in [2.05, 4.69) is 35.9 Å². The van der Waals surface area contributed by atoms with Gasteiger partial charge in [-0.1, -0.05) is 46.3 Å². The van der Waals surface area contributed by atoms with Crippen molar-refractivity contribution in [3.8, 4) is 0 Å². The van der Waals surface area contributed by atoms with Crippen molar-refractivity contribution in [1.82, 2.24) is 15.0 Å². The van der Waals surface area contributed by atoms with E-state index in [9.17, 15) is 4.79 Å². The maximum absolute atomic E-state index is 12.6. The lowest BCUT2D eigenvalue weighted by molar-refractivity contribution is -0.115. The van der Waals surface area contributed by atoms with Crippen molar-refractivity contribution in [2.24, 2.45) is 4.99 Å². The molecule has 1 amide bonds. The topological polar surface area (TPSA) is 79.5 Å². The second kappa shape index (κ2) is 7.98. The van der Waals surface area contributed by atoms with Gasteiger partial charge in [0.15, 0.2) is 0 Å². The van der Waals surface area contributed by atoms with Crippen molar-refractivity contribution in [1.29, 1.82) is 0 Å². The number of rotatable bonds is 5. The molecule has 1 atom stereocenters. The first-order valence-electron chi connectivity index (χ1n) is 8.24. The number of benzene rings is 2. The van der Waals surface area contributed by atoms with Crippen molar-refractivity contribution >= 4 is 45.3 Å². The summed E-state index contributed by atoms with van der Waals surface area (Å²) in [6, 6.07) is 15.6. The van der Waals surface area contributed by atoms with Crippen molar-refractivity contribution in [2.75, 3.05) is 6.54 Å². The van der Waals surface area contributed by atoms with Crippen LogP contribution in [0.5, 0.6) is 0 Å². The molecule has 136 valence electrons. The average molecular weight is 443 g/mol. The number of aromatic nitrogens is 1. The third-order valence-electron chi connectivity index (χ3n) is 4.05. The molecular weight excluding hydrogens is 428 g/mol. The average Bonchev–Trinajstić information content (AvgIpc) is 3.23. The van der Waals surface area contributed by atoms with E-state index in [0.717, 1.165) is 20.6 Å². The fourth-order valence-corrected chi connectivity index (χ4v) is 3.99. The molecule has 2 aromatic carbocycles. The molecular formula is C19H15BrN4O2S. The summed E-state index contributed by atoms with van der Waals surface area (Å²) in [4.78, 5) is 22.2. The quantitative estimate of drug-likeness (QED) is 0.583. The van der Waals surface area contributed by atoms with E-state index in [1.807, 2.05) is 48.5 Å². The number of hydrogen-bond donors (Lipinski definition) is 2. The van der Waals surface area contributed by atoms with E-state index in [4.69, 9.17) is 4.42 Å². The Labute approximate surface area is 168 Å². The van der Waals surface area contributed by atoms with Crippen LogP contribution in [0.25, 0.3) is 0 Å². The Morgan fingerprint density at radius 1 is 1.26 bits per heavy atom. The molecule has 0 radical (unpaired) electrons. The minimum Gasteiger partial charge on any atom is -0.448 e. The first kappa shape index (κ1) is 17.8. The Kier molecular flexibility index (Phi) is 5.26. The van der Waals surface area contributed by atoms with Crippen molar-refractivity contribution in [2.45, 2.75) is 10.8 Å². The molecule has 0 saturated heterocycles. The van der Waals surface area contributed by atoms with Crippen LogP contribution in [-0.4, -0.2) is 23.3 Å². The van der Waals surface area contributed by atoms with E-state index in [0.29, 0.717) is 12.4 Å². The van der Waals surface area contributed by atoms with E-state index in [-0.39, 0.29) is 17.7 Å². The Hall–Kier alpha value is -2.58. The summed E-state index contributed by atoms with van der Waals surface area (Å²) in [5, 5.41) is 2.93. The van der Waals surface area contributed by atoms with Gasteiger partial charge in [0.1, 0.15) is 6.26 Å². The number of nitrogens with one attached hydrogen (secondary N) is 2. The summed E-state index contributed by atoms with van der Waals surface area (Å²) < 4.78 is 9.43. The molecule has 1 aliphatic heterocycles. The molecule has 0 fully saturated rings. The van der Waals surface area contributed by atoms with Gasteiger partial charge in [0.05, 0.1) is 22.7 Å². The molecule has 6 nitrogen and oxygen atoms in total. The summed E-state index contributed by atoms with van der Waals surface area (Å²) in [6.45, 7) is 0.349. The van der Waals surface area contributed by atoms with Gasteiger partial charge in [-0.3, -0.25) is 4.79 Å². The number of halogens is 1. The molecule has 4 rings (SSSR count). The fraction of sp³-hybridized carbons (Fsp3) is 0.105. The summed E-state index contributed by atoms with van der Waals surface area (Å²) in [5.41, 5.74) is 1.78. The number of oxazole rings is 1. The summed E-state index contributed by atoms with van der Waals surface area (Å²) in [5.74, 6) is 0.382. The summed E-state index contributed by atoms with van der Waals surface area (Å²) >= 11 is 4.80. The van der Waals surface area contributed by atoms with E-state index >= 15 is 0 Å². The van der Waals surface area contributed by atoms with Gasteiger partial charge in [-0.25, -0.2) is 9.98 Å². The second-order valence-electron chi connectivity index (χ2n) is 5.82. The number of amidine groups is 1. The van der Waals surface area contributed by atoms with Crippen LogP contribution in [0.4, 0.5) is 5.69 Å². The molecule has 2 heterocycles. The van der Waals surface area contributed by atoms with Gasteiger partial charge in [0.25, 0.3) is 5.91 Å². The number of amides is 1. The molecule has 0 aliphatic carbocycles. The molecule has 1 unspecified atom stereocenters. The van der Waals surface area contributed by atoms with Crippen LogP contribution >= 0.6 is 27.9 Å². The molecule has 1 aromatic heterocycles. The van der Waals surface area contributed by atoms with Gasteiger partial charge in [-0.2, -0.15) is 0 Å². The molecule has 3 aromatic rings. The lowest BCUT2D eigenvalue weighted by Gasteiger charge is -2.18. The third-order valence-corrected chi connectivity index (χ3v) is 5.38. The SMILES string of the molecule is O=C(NCC(c1ccccc1)c1ncco1)C1=Nc2ccc(Br)cc2SN1. The van der Waals surface area contributed by atoms with Crippen molar-refractivity contribution < 1.29 is 9.21 Å². The van der Waals surface area contributed by atoms with Crippen molar-refractivity contribution in [3.05, 3.63) is 76.9 Å². The number of carbonyl (C=O) groups is 1. The molecule has 2 N–H and O–H groups in total. The number of nitrogens with zero attached hydrogens (tertiary/aromatic N) is 2. The van der Waals surface area contributed by atoms with E-state index < -0.39 is 0 Å². The Morgan fingerprint density at radius 3 is 2.89 bits per heavy atom. The van der Waals surface area contributed by atoms with Crippen molar-refractivity contribution in [3.63, 3.8) is 0 Å². The smallest absolute Gasteiger partial charge is 0.287 e. The highest BCUT2D eigenvalue weighted by Gasteiger charge is 2.23. The monoisotopic (exact) mass is 442 g/mol. The Morgan fingerprint density at radius 2 is 2.11 bits per heavy atom. The van der Waals surface area contributed by atoms with Gasteiger partial charge in [-0.15, -0.1) is 0 Å². The largest absolute Gasteiger partial charge is 0.448 e. The first-order valence-corrected chi connectivity index (χ1v) is 9.85. The number of fused-ring (bicyclic) bond motifs is 1. The first-order chi connectivity index (χ1) is 13.2. The van der Waals surface area contributed by atoms with Crippen LogP contribution < -0.4 is 10.0 Å². The minimum atomic E-state index is -0.274. The normalized spacial score (nSPS) is 13.9. The molecule has 8 heteroatoms. The van der Waals surface area contributed by atoms with Crippen LogP contribution in [0.2, 0.25) is 0 Å². The van der Waals surface area contributed by atoms with Crippen LogP contribution in [0, 0.1) is 0 Å². The molecule has 0 spiro atoms. The Balaban J connectivity index is 1.50. The predicted octanol–water partition coefficient (Wildman–Crippen LogP) is 4.03. The zero-order chi connectivity index (χ0) is 18.6. The highest BCUT2D eigenvalue weighted by Crippen LogP contribution is 2.33. The summed E-state index contributed by atoms with van der Waals surface area (Å²) in [7, 11) is 0. The standard InChI is InChI=1S/C19H15BrN4O2S/c20-13-6-7-15-16(10-13)27-24-17(23-15)18(25)22-11-14(19-21-8-9-26-19)12-4-2-1-3-5-12/h1-10,14H,11H2,(H,22,25)(H,23,24). The highest BCUT2D eigenvalue weighted by molar-refractivity contribution is 9.10. The number of carbonyl (C=O) groups excluding carboxylic acids is 1. The molecule has 0 saturated carbocycles. The lowest BCUT2D eigenvalue weighted by atomic mass is 9.99. The highest BCUT2D eigenvalue weighted by atomic mass is 79.9. The van der Waals surface area contributed by atoms with Crippen LogP contribution in [-0.2, 0) is 4.79 Å². The van der Waals surface area contributed by atoms with Gasteiger partial charge in [0, 0.05) is 11.0 Å². The zero-order valence-corrected chi connectivity index (χ0v) is 16.5. The van der Waals surface area contributed by atoms with Gasteiger partial charge < -0.3 is 14.5 Å². The lowest BCUT2D eigenvalue weighted by Crippen LogP contribution is -2.40. The molecule has 27 heavy (non-hydrogen) atoms. The van der Waals surface area contributed by atoms with E-state index in [1.165, 1.54) is 18.2 Å². The number of hydrogen-bond acceptors (Lipinski definition) is 6. The van der Waals surface area contributed by atoms with Crippen LogP contribution in [0.3, 0.4) is 0 Å². The fourth-order valence-electron chi connectivity index (χ4n) is 2.72. The predicted molar refractivity (Wildman–Crippen MR) is 108 cm³/mol. The zero-order valence-electron chi connectivity index (χ0n) is 14.1. The van der Waals surface area contributed by atoms with Gasteiger partial charge in [0.2, 0.25) is 11.7 Å². The molecule has 1 aliphatic rings. The Bertz CT molecular complexity index is 977. The van der Waals surface area contributed by atoms with Crippen LogP contribution in [0.1, 0.15) is 17.4 Å². The van der Waals surface area contributed by atoms with Gasteiger partial charge >= 0.3 is 0 Å². The van der Waals surface area contributed by atoms with E-state index in [1.54, 1.807) is 6.20 Å². The number of aliphatic imine (C=N–C) groups is 1.